The number of amides is 1. The van der Waals surface area contributed by atoms with Crippen molar-refractivity contribution in [1.82, 2.24) is 5.43 Å². The zero-order chi connectivity index (χ0) is 16.5. The van der Waals surface area contributed by atoms with Crippen LogP contribution < -0.4 is 10.2 Å². The van der Waals surface area contributed by atoms with Crippen LogP contribution in [0, 0.1) is 6.92 Å². The van der Waals surface area contributed by atoms with Crippen molar-refractivity contribution < 1.29 is 9.53 Å². The summed E-state index contributed by atoms with van der Waals surface area (Å²) in [5, 5.41) is 3.87. The van der Waals surface area contributed by atoms with E-state index in [1.807, 2.05) is 67.6 Å². The highest BCUT2D eigenvalue weighted by atomic mass is 79.9. The van der Waals surface area contributed by atoms with E-state index in [4.69, 9.17) is 4.74 Å². The van der Waals surface area contributed by atoms with Crippen LogP contribution in [0.15, 0.2) is 64.2 Å². The molecule has 0 bridgehead atoms. The fourth-order valence-electron chi connectivity index (χ4n) is 1.73. The lowest BCUT2D eigenvalue weighted by atomic mass is 10.2. The fraction of sp³-hybridized carbons (Fsp3) is 0.111. The number of hydrazone groups is 1. The molecule has 0 radical (unpaired) electrons. The van der Waals surface area contributed by atoms with E-state index in [9.17, 15) is 4.79 Å². The molecule has 0 aliphatic rings. The van der Waals surface area contributed by atoms with Crippen molar-refractivity contribution in [3.05, 3.63) is 70.2 Å². The number of hydrogen-bond acceptors (Lipinski definition) is 3. The number of benzene rings is 2. The topological polar surface area (TPSA) is 50.7 Å². The number of carbonyl (C=O) groups excluding carboxylic acids is 1. The van der Waals surface area contributed by atoms with Gasteiger partial charge in [0.1, 0.15) is 5.75 Å². The summed E-state index contributed by atoms with van der Waals surface area (Å²) in [6.07, 6.45) is 3.43. The molecule has 1 amide bonds. The predicted octanol–water partition coefficient (Wildman–Crippen LogP) is 3.91. The second kappa shape index (κ2) is 8.90. The van der Waals surface area contributed by atoms with Gasteiger partial charge in [0, 0.05) is 4.48 Å². The second-order valence-corrected chi connectivity index (χ2v) is 5.75. The lowest BCUT2D eigenvalue weighted by Crippen LogP contribution is -2.24. The number of carbonyl (C=O) groups is 1. The highest BCUT2D eigenvalue weighted by Gasteiger charge is 2.01. The maximum Gasteiger partial charge on any atom is 0.277 e. The SMILES string of the molecule is Cc1ccc(OCC(=O)NN=C/C(Br)=C\c2ccccc2)cc1. The summed E-state index contributed by atoms with van der Waals surface area (Å²) in [4.78, 5) is 11.6. The molecule has 2 rings (SSSR count). The van der Waals surface area contributed by atoms with Crippen LogP contribution in [0.2, 0.25) is 0 Å². The first-order valence-corrected chi connectivity index (χ1v) is 7.86. The summed E-state index contributed by atoms with van der Waals surface area (Å²) in [5.74, 6) is 0.335. The van der Waals surface area contributed by atoms with Crippen LogP contribution in [0.4, 0.5) is 0 Å². The molecule has 118 valence electrons. The van der Waals surface area contributed by atoms with Gasteiger partial charge in [0.15, 0.2) is 6.61 Å². The molecule has 0 spiro atoms. The van der Waals surface area contributed by atoms with Gasteiger partial charge in [0.25, 0.3) is 5.91 Å². The van der Waals surface area contributed by atoms with Gasteiger partial charge < -0.3 is 4.74 Å². The number of halogens is 1. The van der Waals surface area contributed by atoms with Gasteiger partial charge in [0.2, 0.25) is 0 Å². The number of ether oxygens (including phenoxy) is 1. The molecule has 0 aliphatic heterocycles. The number of nitrogens with one attached hydrogen (secondary N) is 1. The van der Waals surface area contributed by atoms with Crippen molar-refractivity contribution >= 4 is 34.1 Å². The van der Waals surface area contributed by atoms with Crippen LogP contribution in [0.3, 0.4) is 0 Å². The van der Waals surface area contributed by atoms with Gasteiger partial charge in [-0.05, 0) is 46.6 Å². The number of nitrogens with zero attached hydrogens (tertiary/aromatic N) is 1. The van der Waals surface area contributed by atoms with Crippen LogP contribution in [0.1, 0.15) is 11.1 Å². The molecule has 2 aromatic carbocycles. The average Bonchev–Trinajstić information content (AvgIpc) is 2.55. The van der Waals surface area contributed by atoms with E-state index in [-0.39, 0.29) is 12.5 Å². The smallest absolute Gasteiger partial charge is 0.277 e. The fourth-order valence-corrected chi connectivity index (χ4v) is 2.09. The lowest BCUT2D eigenvalue weighted by Gasteiger charge is -2.04. The molecule has 0 aliphatic carbocycles. The highest BCUT2D eigenvalue weighted by molar-refractivity contribution is 9.12. The van der Waals surface area contributed by atoms with Crippen molar-refractivity contribution in [2.45, 2.75) is 6.92 Å². The van der Waals surface area contributed by atoms with E-state index in [1.165, 1.54) is 6.21 Å². The van der Waals surface area contributed by atoms with Crippen LogP contribution in [-0.4, -0.2) is 18.7 Å². The summed E-state index contributed by atoms with van der Waals surface area (Å²) >= 11 is 3.38. The van der Waals surface area contributed by atoms with Crippen molar-refractivity contribution in [1.29, 1.82) is 0 Å². The largest absolute Gasteiger partial charge is 0.484 e. The molecule has 0 fully saturated rings. The standard InChI is InChI=1S/C18H17BrN2O2/c1-14-7-9-17(10-8-14)23-13-18(22)21-20-12-16(19)11-15-5-3-2-4-6-15/h2-12H,13H2,1H3,(H,21,22)/b16-11+,20-12?. The Morgan fingerprint density at radius 3 is 2.57 bits per heavy atom. The molecule has 0 unspecified atom stereocenters. The van der Waals surface area contributed by atoms with Crippen molar-refractivity contribution in [3.8, 4) is 5.75 Å². The normalized spacial score (nSPS) is 11.5. The van der Waals surface area contributed by atoms with Gasteiger partial charge in [-0.15, -0.1) is 0 Å². The van der Waals surface area contributed by atoms with E-state index < -0.39 is 0 Å². The Bertz CT molecular complexity index is 695. The van der Waals surface area contributed by atoms with Gasteiger partial charge in [0.05, 0.1) is 6.21 Å². The van der Waals surface area contributed by atoms with E-state index in [2.05, 4.69) is 26.5 Å². The third kappa shape index (κ3) is 6.48. The van der Waals surface area contributed by atoms with Crippen molar-refractivity contribution in [2.75, 3.05) is 6.61 Å². The Morgan fingerprint density at radius 1 is 1.17 bits per heavy atom. The molecule has 2 aromatic rings. The molecule has 1 N–H and O–H groups in total. The first kappa shape index (κ1) is 17.0. The minimum absolute atomic E-state index is 0.0829. The number of aryl methyl sites for hydroxylation is 1. The molecule has 23 heavy (non-hydrogen) atoms. The van der Waals surface area contributed by atoms with Gasteiger partial charge in [-0.3, -0.25) is 4.79 Å². The zero-order valence-electron chi connectivity index (χ0n) is 12.7. The molecule has 0 saturated carbocycles. The van der Waals surface area contributed by atoms with Gasteiger partial charge >= 0.3 is 0 Å². The van der Waals surface area contributed by atoms with Gasteiger partial charge in [-0.2, -0.15) is 5.10 Å². The summed E-state index contributed by atoms with van der Waals surface area (Å²) in [5.41, 5.74) is 4.60. The Hall–Kier alpha value is -2.40. The van der Waals surface area contributed by atoms with Crippen molar-refractivity contribution in [2.24, 2.45) is 5.10 Å². The minimum Gasteiger partial charge on any atom is -0.484 e. The summed E-state index contributed by atoms with van der Waals surface area (Å²) in [6.45, 7) is 1.91. The second-order valence-electron chi connectivity index (χ2n) is 4.83. The molecule has 0 saturated heterocycles. The first-order chi connectivity index (χ1) is 11.1. The Balaban J connectivity index is 1.77. The molecule has 0 atom stereocenters. The van der Waals surface area contributed by atoms with Gasteiger partial charge in [-0.1, -0.05) is 48.0 Å². The molecular weight excluding hydrogens is 356 g/mol. The van der Waals surface area contributed by atoms with E-state index >= 15 is 0 Å². The quantitative estimate of drug-likeness (QED) is 0.617. The molecule has 0 heterocycles. The highest BCUT2D eigenvalue weighted by Crippen LogP contribution is 2.11. The van der Waals surface area contributed by atoms with Crippen molar-refractivity contribution in [3.63, 3.8) is 0 Å². The summed E-state index contributed by atoms with van der Waals surface area (Å²) < 4.78 is 6.12. The van der Waals surface area contributed by atoms with Crippen LogP contribution in [-0.2, 0) is 4.79 Å². The molecule has 4 nitrogen and oxygen atoms in total. The third-order valence-corrected chi connectivity index (χ3v) is 3.31. The lowest BCUT2D eigenvalue weighted by molar-refractivity contribution is -0.123. The zero-order valence-corrected chi connectivity index (χ0v) is 14.3. The first-order valence-electron chi connectivity index (χ1n) is 7.07. The maximum absolute atomic E-state index is 11.6. The van der Waals surface area contributed by atoms with E-state index in [0.29, 0.717) is 5.75 Å². The van der Waals surface area contributed by atoms with Crippen LogP contribution >= 0.6 is 15.9 Å². The average molecular weight is 373 g/mol. The van der Waals surface area contributed by atoms with E-state index in [0.717, 1.165) is 15.6 Å². The predicted molar refractivity (Wildman–Crippen MR) is 96.7 cm³/mol. The Labute approximate surface area is 144 Å². The Kier molecular flexibility index (Phi) is 6.56. The number of hydrogen-bond donors (Lipinski definition) is 1. The summed E-state index contributed by atoms with van der Waals surface area (Å²) in [7, 11) is 0. The molecule has 5 heteroatoms. The maximum atomic E-state index is 11.6. The Morgan fingerprint density at radius 2 is 1.87 bits per heavy atom. The molecular formula is C18H17BrN2O2. The van der Waals surface area contributed by atoms with Crippen LogP contribution in [0.5, 0.6) is 5.75 Å². The monoisotopic (exact) mass is 372 g/mol. The number of allylic oxidation sites excluding steroid dienone is 1. The third-order valence-electron chi connectivity index (χ3n) is 2.87. The van der Waals surface area contributed by atoms with Crippen LogP contribution in [0.25, 0.3) is 6.08 Å². The summed E-state index contributed by atoms with van der Waals surface area (Å²) in [6, 6.07) is 17.3. The van der Waals surface area contributed by atoms with E-state index in [1.54, 1.807) is 0 Å². The number of rotatable bonds is 6. The molecule has 0 aromatic heterocycles. The minimum atomic E-state index is -0.318. The van der Waals surface area contributed by atoms with Gasteiger partial charge in [-0.25, -0.2) is 5.43 Å².